The summed E-state index contributed by atoms with van der Waals surface area (Å²) in [6.07, 6.45) is 1.26. The van der Waals surface area contributed by atoms with Crippen molar-refractivity contribution in [3.63, 3.8) is 0 Å². The van der Waals surface area contributed by atoms with E-state index in [9.17, 15) is 9.59 Å². The Morgan fingerprint density at radius 1 is 1.47 bits per heavy atom. The highest BCUT2D eigenvalue weighted by Gasteiger charge is 2.08. The predicted molar refractivity (Wildman–Crippen MR) is 65.5 cm³/mol. The van der Waals surface area contributed by atoms with Crippen LogP contribution in [0, 0.1) is 0 Å². The van der Waals surface area contributed by atoms with Crippen LogP contribution in [0.5, 0.6) is 0 Å². The highest BCUT2D eigenvalue weighted by atomic mass is 32.1. The molecule has 0 aliphatic rings. The predicted octanol–water partition coefficient (Wildman–Crippen LogP) is 1.17. The Bertz CT molecular complexity index is 392. The van der Waals surface area contributed by atoms with E-state index in [1.54, 1.807) is 0 Å². The van der Waals surface area contributed by atoms with E-state index in [4.69, 9.17) is 5.11 Å². The van der Waals surface area contributed by atoms with Crippen molar-refractivity contribution in [1.29, 1.82) is 0 Å². The lowest BCUT2D eigenvalue weighted by Crippen LogP contribution is -2.25. The van der Waals surface area contributed by atoms with Crippen molar-refractivity contribution in [2.24, 2.45) is 0 Å². The standard InChI is InChI=1S/C10H15N3O3S/c1-2-4-11-8(14)3-5-12-10-13-7(6-17-10)9(15)16/h6H,2-5H2,1H3,(H,11,14)(H,12,13)(H,15,16). The summed E-state index contributed by atoms with van der Waals surface area (Å²) in [7, 11) is 0. The number of nitrogens with one attached hydrogen (secondary N) is 2. The molecule has 0 fully saturated rings. The molecule has 0 aliphatic carbocycles. The minimum Gasteiger partial charge on any atom is -0.476 e. The first-order chi connectivity index (χ1) is 8.13. The summed E-state index contributed by atoms with van der Waals surface area (Å²) in [6.45, 7) is 3.11. The summed E-state index contributed by atoms with van der Waals surface area (Å²) in [4.78, 5) is 25.7. The highest BCUT2D eigenvalue weighted by Crippen LogP contribution is 2.14. The van der Waals surface area contributed by atoms with Crippen molar-refractivity contribution in [2.75, 3.05) is 18.4 Å². The largest absolute Gasteiger partial charge is 0.476 e. The molecule has 6 nitrogen and oxygen atoms in total. The summed E-state index contributed by atoms with van der Waals surface area (Å²) in [5.74, 6) is -1.07. The summed E-state index contributed by atoms with van der Waals surface area (Å²) in [5.41, 5.74) is 0.0212. The third-order valence-electron chi connectivity index (χ3n) is 1.92. The molecule has 0 atom stereocenters. The molecule has 7 heteroatoms. The molecule has 0 aliphatic heterocycles. The molecule has 94 valence electrons. The molecule has 0 spiro atoms. The number of carboxylic acids is 1. The second-order valence-corrected chi connectivity index (χ2v) is 4.23. The quantitative estimate of drug-likeness (QED) is 0.682. The van der Waals surface area contributed by atoms with Crippen LogP contribution < -0.4 is 10.6 Å². The Morgan fingerprint density at radius 3 is 2.82 bits per heavy atom. The molecule has 0 saturated heterocycles. The monoisotopic (exact) mass is 257 g/mol. The van der Waals surface area contributed by atoms with Gasteiger partial charge in [-0.15, -0.1) is 11.3 Å². The van der Waals surface area contributed by atoms with E-state index in [2.05, 4.69) is 15.6 Å². The SMILES string of the molecule is CCCNC(=O)CCNc1nc(C(=O)O)cs1. The number of amides is 1. The molecule has 0 unspecified atom stereocenters. The van der Waals surface area contributed by atoms with Gasteiger partial charge in [0.25, 0.3) is 0 Å². The first-order valence-corrected chi connectivity index (χ1v) is 6.20. The molecule has 1 amide bonds. The molecule has 0 saturated carbocycles. The number of nitrogens with zero attached hydrogens (tertiary/aromatic N) is 1. The second kappa shape index (κ2) is 6.85. The zero-order valence-electron chi connectivity index (χ0n) is 9.52. The van der Waals surface area contributed by atoms with Gasteiger partial charge in [0.15, 0.2) is 10.8 Å². The third-order valence-corrected chi connectivity index (χ3v) is 2.72. The number of aromatic carboxylic acids is 1. The van der Waals surface area contributed by atoms with E-state index in [1.807, 2.05) is 6.92 Å². The van der Waals surface area contributed by atoms with Crippen LogP contribution in [-0.2, 0) is 4.79 Å². The van der Waals surface area contributed by atoms with Gasteiger partial charge in [-0.2, -0.15) is 0 Å². The molecule has 0 radical (unpaired) electrons. The Hall–Kier alpha value is -1.63. The number of hydrogen-bond acceptors (Lipinski definition) is 5. The van der Waals surface area contributed by atoms with Crippen LogP contribution in [0.1, 0.15) is 30.3 Å². The molecule has 0 aromatic carbocycles. The number of aromatic nitrogens is 1. The Morgan fingerprint density at radius 2 is 2.24 bits per heavy atom. The van der Waals surface area contributed by atoms with Crippen molar-refractivity contribution < 1.29 is 14.7 Å². The van der Waals surface area contributed by atoms with Crippen LogP contribution >= 0.6 is 11.3 Å². The van der Waals surface area contributed by atoms with Crippen LogP contribution in [0.25, 0.3) is 0 Å². The first kappa shape index (κ1) is 13.4. The normalized spacial score (nSPS) is 9.94. The van der Waals surface area contributed by atoms with E-state index < -0.39 is 5.97 Å². The van der Waals surface area contributed by atoms with E-state index >= 15 is 0 Å². The Labute approximate surface area is 103 Å². The maximum absolute atomic E-state index is 11.2. The number of hydrogen-bond donors (Lipinski definition) is 3. The van der Waals surface area contributed by atoms with Crippen LogP contribution in [-0.4, -0.2) is 35.1 Å². The van der Waals surface area contributed by atoms with Crippen LogP contribution in [0.3, 0.4) is 0 Å². The molecule has 1 aromatic heterocycles. The summed E-state index contributed by atoms with van der Waals surface area (Å²) in [6, 6.07) is 0. The molecule has 1 aromatic rings. The zero-order chi connectivity index (χ0) is 12.7. The Balaban J connectivity index is 2.26. The van der Waals surface area contributed by atoms with E-state index in [-0.39, 0.29) is 11.6 Å². The van der Waals surface area contributed by atoms with Gasteiger partial charge in [0.05, 0.1) is 0 Å². The van der Waals surface area contributed by atoms with Gasteiger partial charge in [-0.1, -0.05) is 6.92 Å². The maximum atomic E-state index is 11.2. The van der Waals surface area contributed by atoms with Crippen LogP contribution in [0.4, 0.5) is 5.13 Å². The van der Waals surface area contributed by atoms with Crippen molar-refractivity contribution in [3.8, 4) is 0 Å². The van der Waals surface area contributed by atoms with Crippen molar-refractivity contribution in [1.82, 2.24) is 10.3 Å². The minimum atomic E-state index is -1.05. The van der Waals surface area contributed by atoms with Crippen LogP contribution in [0.2, 0.25) is 0 Å². The minimum absolute atomic E-state index is 0.0191. The van der Waals surface area contributed by atoms with Gasteiger partial charge >= 0.3 is 5.97 Å². The average molecular weight is 257 g/mol. The lowest BCUT2D eigenvalue weighted by molar-refractivity contribution is -0.120. The number of carbonyl (C=O) groups is 2. The molecular formula is C10H15N3O3S. The number of carbonyl (C=O) groups excluding carboxylic acids is 1. The highest BCUT2D eigenvalue weighted by molar-refractivity contribution is 7.13. The molecule has 17 heavy (non-hydrogen) atoms. The second-order valence-electron chi connectivity index (χ2n) is 3.37. The van der Waals surface area contributed by atoms with Gasteiger partial charge in [0.2, 0.25) is 5.91 Å². The van der Waals surface area contributed by atoms with Crippen molar-refractivity contribution >= 4 is 28.3 Å². The fourth-order valence-corrected chi connectivity index (χ4v) is 1.80. The lowest BCUT2D eigenvalue weighted by atomic mass is 10.4. The van der Waals surface area contributed by atoms with E-state index in [0.717, 1.165) is 6.42 Å². The van der Waals surface area contributed by atoms with Gasteiger partial charge in [-0.3, -0.25) is 4.79 Å². The van der Waals surface area contributed by atoms with Gasteiger partial charge in [-0.25, -0.2) is 9.78 Å². The van der Waals surface area contributed by atoms with Crippen LogP contribution in [0.15, 0.2) is 5.38 Å². The lowest BCUT2D eigenvalue weighted by Gasteiger charge is -2.03. The summed E-state index contributed by atoms with van der Waals surface area (Å²) < 4.78 is 0. The summed E-state index contributed by atoms with van der Waals surface area (Å²) in [5, 5.41) is 16.3. The molecular weight excluding hydrogens is 242 g/mol. The van der Waals surface area contributed by atoms with Crippen molar-refractivity contribution in [3.05, 3.63) is 11.1 Å². The topological polar surface area (TPSA) is 91.3 Å². The summed E-state index contributed by atoms with van der Waals surface area (Å²) >= 11 is 1.21. The number of thiazole rings is 1. The maximum Gasteiger partial charge on any atom is 0.355 e. The number of anilines is 1. The fraction of sp³-hybridized carbons (Fsp3) is 0.500. The van der Waals surface area contributed by atoms with E-state index in [0.29, 0.717) is 24.6 Å². The fourth-order valence-electron chi connectivity index (χ4n) is 1.09. The molecule has 0 bridgehead atoms. The Kier molecular flexibility index (Phi) is 5.41. The number of carboxylic acid groups (broad SMARTS) is 1. The molecule has 1 heterocycles. The van der Waals surface area contributed by atoms with Gasteiger partial charge in [0, 0.05) is 24.9 Å². The van der Waals surface area contributed by atoms with Crippen molar-refractivity contribution in [2.45, 2.75) is 19.8 Å². The molecule has 1 rings (SSSR count). The number of rotatable bonds is 7. The molecule has 3 N–H and O–H groups in total. The van der Waals surface area contributed by atoms with Gasteiger partial charge < -0.3 is 15.7 Å². The third kappa shape index (κ3) is 4.81. The smallest absolute Gasteiger partial charge is 0.355 e. The van der Waals surface area contributed by atoms with E-state index in [1.165, 1.54) is 16.7 Å². The average Bonchev–Trinajstić information content (AvgIpc) is 2.75. The van der Waals surface area contributed by atoms with Gasteiger partial charge in [0.1, 0.15) is 0 Å². The zero-order valence-corrected chi connectivity index (χ0v) is 10.3. The van der Waals surface area contributed by atoms with Gasteiger partial charge in [-0.05, 0) is 6.42 Å². The first-order valence-electron chi connectivity index (χ1n) is 5.33.